The Hall–Kier alpha value is -2.87. The molecule has 1 amide bonds. The topological polar surface area (TPSA) is 84.5 Å². The lowest BCUT2D eigenvalue weighted by Crippen LogP contribution is -2.45. The number of amides is 1. The highest BCUT2D eigenvalue weighted by Gasteiger charge is 2.27. The summed E-state index contributed by atoms with van der Waals surface area (Å²) < 4.78 is 34.2. The van der Waals surface area contributed by atoms with Crippen LogP contribution in [-0.4, -0.2) is 27.0 Å². The van der Waals surface area contributed by atoms with Gasteiger partial charge in [0.05, 0.1) is 16.5 Å². The average Bonchev–Trinajstić information content (AvgIpc) is 2.78. The average molecular weight is 487 g/mol. The molecule has 0 unspecified atom stereocenters. The molecule has 0 saturated carbocycles. The molecule has 8 heteroatoms. The number of aryl methyl sites for hydroxylation is 2. The quantitative estimate of drug-likeness (QED) is 0.451. The van der Waals surface area contributed by atoms with Gasteiger partial charge in [0.2, 0.25) is 15.9 Å². The lowest BCUT2D eigenvalue weighted by atomic mass is 10.1. The minimum absolute atomic E-state index is 0.0482. The number of halogens is 1. The first-order valence-corrected chi connectivity index (χ1v) is 12.4. The predicted octanol–water partition coefficient (Wildman–Crippen LogP) is 4.88. The Kier molecular flexibility index (Phi) is 8.13. The van der Waals surface area contributed by atoms with Crippen LogP contribution in [0.5, 0.6) is 5.75 Å². The summed E-state index contributed by atoms with van der Waals surface area (Å²) in [6.45, 7) is 6.15. The number of nitrogens with one attached hydrogen (secondary N) is 2. The van der Waals surface area contributed by atoms with Gasteiger partial charge in [0.1, 0.15) is 11.8 Å². The largest absolute Gasteiger partial charge is 0.492 e. The summed E-state index contributed by atoms with van der Waals surface area (Å²) >= 11 is 6.18. The molecule has 33 heavy (non-hydrogen) atoms. The van der Waals surface area contributed by atoms with Crippen molar-refractivity contribution < 1.29 is 17.9 Å². The number of carbonyl (C=O) groups is 1. The van der Waals surface area contributed by atoms with Gasteiger partial charge in [-0.05, 0) is 74.2 Å². The predicted molar refractivity (Wildman–Crippen MR) is 131 cm³/mol. The molecule has 0 heterocycles. The van der Waals surface area contributed by atoms with Crippen LogP contribution in [0.3, 0.4) is 0 Å². The number of ether oxygens (including phenoxy) is 1. The van der Waals surface area contributed by atoms with E-state index in [-0.39, 0.29) is 16.3 Å². The van der Waals surface area contributed by atoms with E-state index in [1.807, 2.05) is 63.2 Å². The molecule has 0 radical (unpaired) electrons. The zero-order valence-corrected chi connectivity index (χ0v) is 20.3. The van der Waals surface area contributed by atoms with Gasteiger partial charge < -0.3 is 10.1 Å². The minimum Gasteiger partial charge on any atom is -0.492 e. The highest BCUT2D eigenvalue weighted by Crippen LogP contribution is 2.27. The van der Waals surface area contributed by atoms with Gasteiger partial charge in [0.25, 0.3) is 0 Å². The Labute approximate surface area is 200 Å². The van der Waals surface area contributed by atoms with E-state index in [0.717, 1.165) is 16.7 Å². The van der Waals surface area contributed by atoms with Gasteiger partial charge in [-0.25, -0.2) is 8.42 Å². The van der Waals surface area contributed by atoms with Gasteiger partial charge in [-0.3, -0.25) is 4.79 Å². The van der Waals surface area contributed by atoms with Crippen molar-refractivity contribution in [1.82, 2.24) is 4.72 Å². The van der Waals surface area contributed by atoms with Crippen LogP contribution in [0.4, 0.5) is 5.69 Å². The monoisotopic (exact) mass is 486 g/mol. The van der Waals surface area contributed by atoms with Crippen molar-refractivity contribution in [2.24, 2.45) is 0 Å². The van der Waals surface area contributed by atoms with Gasteiger partial charge >= 0.3 is 0 Å². The summed E-state index contributed by atoms with van der Waals surface area (Å²) in [6, 6.07) is 18.0. The molecule has 0 aliphatic carbocycles. The molecule has 0 spiro atoms. The Morgan fingerprint density at radius 2 is 1.73 bits per heavy atom. The molecule has 3 aromatic rings. The van der Waals surface area contributed by atoms with Crippen LogP contribution >= 0.6 is 11.6 Å². The molecule has 1 atom stereocenters. The van der Waals surface area contributed by atoms with E-state index in [1.54, 1.807) is 6.07 Å². The normalized spacial score (nSPS) is 12.2. The van der Waals surface area contributed by atoms with Crippen molar-refractivity contribution in [2.75, 3.05) is 11.9 Å². The third-order valence-corrected chi connectivity index (χ3v) is 6.95. The molecule has 0 fully saturated rings. The van der Waals surface area contributed by atoms with Crippen molar-refractivity contribution in [3.8, 4) is 5.75 Å². The SMILES string of the molecule is CCOc1ccc(S(=O)(=O)N[C@@H](Cc2ccccc2)C(=O)Nc2ccc(C)c(C)c2)cc1Cl. The van der Waals surface area contributed by atoms with Crippen molar-refractivity contribution >= 4 is 33.2 Å². The van der Waals surface area contributed by atoms with E-state index in [1.165, 1.54) is 18.2 Å². The number of hydrogen-bond donors (Lipinski definition) is 2. The zero-order valence-electron chi connectivity index (χ0n) is 18.8. The molecular formula is C25H27ClN2O4S. The maximum atomic E-state index is 13.1. The number of benzene rings is 3. The third-order valence-electron chi connectivity index (χ3n) is 5.18. The second-order valence-corrected chi connectivity index (χ2v) is 9.80. The maximum absolute atomic E-state index is 13.1. The summed E-state index contributed by atoms with van der Waals surface area (Å²) in [5, 5.41) is 3.01. The van der Waals surface area contributed by atoms with Crippen LogP contribution in [-0.2, 0) is 21.2 Å². The molecule has 3 aromatic carbocycles. The fourth-order valence-corrected chi connectivity index (χ4v) is 4.78. The smallest absolute Gasteiger partial charge is 0.242 e. The first-order chi connectivity index (χ1) is 15.7. The Balaban J connectivity index is 1.87. The summed E-state index contributed by atoms with van der Waals surface area (Å²) in [7, 11) is -4.04. The lowest BCUT2D eigenvalue weighted by molar-refractivity contribution is -0.117. The van der Waals surface area contributed by atoms with Crippen LogP contribution in [0.2, 0.25) is 5.02 Å². The van der Waals surface area contributed by atoms with Crippen LogP contribution < -0.4 is 14.8 Å². The molecule has 0 aliphatic rings. The molecule has 2 N–H and O–H groups in total. The molecule has 0 bridgehead atoms. The van der Waals surface area contributed by atoms with Gasteiger partial charge in [-0.1, -0.05) is 48.0 Å². The van der Waals surface area contributed by atoms with Gasteiger partial charge in [-0.15, -0.1) is 0 Å². The first kappa shape index (κ1) is 24.8. The van der Waals surface area contributed by atoms with E-state index in [2.05, 4.69) is 10.0 Å². The van der Waals surface area contributed by atoms with E-state index in [0.29, 0.717) is 18.0 Å². The third kappa shape index (κ3) is 6.57. The van der Waals surface area contributed by atoms with Crippen molar-refractivity contribution in [2.45, 2.75) is 38.1 Å². The summed E-state index contributed by atoms with van der Waals surface area (Å²) in [6.07, 6.45) is 0.182. The number of sulfonamides is 1. The van der Waals surface area contributed by atoms with E-state index in [4.69, 9.17) is 16.3 Å². The highest BCUT2D eigenvalue weighted by atomic mass is 35.5. The second kappa shape index (κ2) is 10.8. The summed E-state index contributed by atoms with van der Waals surface area (Å²) in [4.78, 5) is 13.1. The van der Waals surface area contributed by atoms with Crippen LogP contribution in [0.1, 0.15) is 23.6 Å². The highest BCUT2D eigenvalue weighted by molar-refractivity contribution is 7.89. The fraction of sp³-hybridized carbons (Fsp3) is 0.240. The number of anilines is 1. The van der Waals surface area contributed by atoms with E-state index >= 15 is 0 Å². The molecule has 0 aliphatic heterocycles. The zero-order chi connectivity index (χ0) is 24.0. The van der Waals surface area contributed by atoms with Gasteiger partial charge in [0.15, 0.2) is 0 Å². The van der Waals surface area contributed by atoms with Gasteiger partial charge in [-0.2, -0.15) is 4.72 Å². The van der Waals surface area contributed by atoms with E-state index < -0.39 is 22.0 Å². The van der Waals surface area contributed by atoms with Crippen LogP contribution in [0.25, 0.3) is 0 Å². The number of carbonyl (C=O) groups excluding carboxylic acids is 1. The lowest BCUT2D eigenvalue weighted by Gasteiger charge is -2.19. The molecule has 174 valence electrons. The Bertz CT molecular complexity index is 1230. The maximum Gasteiger partial charge on any atom is 0.242 e. The van der Waals surface area contributed by atoms with Gasteiger partial charge in [0, 0.05) is 5.69 Å². The first-order valence-electron chi connectivity index (χ1n) is 10.6. The second-order valence-electron chi connectivity index (χ2n) is 7.68. The van der Waals surface area contributed by atoms with Crippen molar-refractivity contribution in [3.05, 3.63) is 88.4 Å². The van der Waals surface area contributed by atoms with Crippen molar-refractivity contribution in [3.63, 3.8) is 0 Å². The number of rotatable bonds is 9. The van der Waals surface area contributed by atoms with Crippen LogP contribution in [0.15, 0.2) is 71.6 Å². The molecule has 0 saturated heterocycles. The Morgan fingerprint density at radius 1 is 1.00 bits per heavy atom. The minimum atomic E-state index is -4.04. The van der Waals surface area contributed by atoms with E-state index in [9.17, 15) is 13.2 Å². The molecule has 0 aromatic heterocycles. The number of hydrogen-bond acceptors (Lipinski definition) is 4. The summed E-state index contributed by atoms with van der Waals surface area (Å²) in [5.41, 5.74) is 3.55. The van der Waals surface area contributed by atoms with Crippen molar-refractivity contribution in [1.29, 1.82) is 0 Å². The molecule has 3 rings (SSSR count). The standard InChI is InChI=1S/C25H27ClN2O4S/c1-4-32-24-13-12-21(16-22(24)26)33(30,31)28-23(15-19-8-6-5-7-9-19)25(29)27-20-11-10-17(2)18(3)14-20/h5-14,16,23,28H,4,15H2,1-3H3,(H,27,29)/t23-/m0/s1. The fourth-order valence-electron chi connectivity index (χ4n) is 3.26. The van der Waals surface area contributed by atoms with Crippen LogP contribution in [0, 0.1) is 13.8 Å². The molecule has 6 nitrogen and oxygen atoms in total. The summed E-state index contributed by atoms with van der Waals surface area (Å²) in [5.74, 6) is -0.0610. The molecular weight excluding hydrogens is 460 g/mol. The Morgan fingerprint density at radius 3 is 2.36 bits per heavy atom.